The van der Waals surface area contributed by atoms with Crippen LogP contribution in [0.15, 0.2) is 53.5 Å². The Morgan fingerprint density at radius 3 is 2.57 bits per heavy atom. The number of carbonyl (C=O) groups is 1. The van der Waals surface area contributed by atoms with Crippen LogP contribution in [0.5, 0.6) is 5.75 Å². The maximum absolute atomic E-state index is 12.8. The predicted molar refractivity (Wildman–Crippen MR) is 119 cm³/mol. The zero-order valence-electron chi connectivity index (χ0n) is 18.0. The summed E-state index contributed by atoms with van der Waals surface area (Å²) in [7, 11) is 3.51. The molecule has 1 heterocycles. The van der Waals surface area contributed by atoms with E-state index in [2.05, 4.69) is 20.7 Å². The average molecular weight is 406 g/mol. The molecule has 0 bridgehead atoms. The van der Waals surface area contributed by atoms with Crippen molar-refractivity contribution >= 4 is 17.6 Å². The van der Waals surface area contributed by atoms with Crippen molar-refractivity contribution in [2.75, 3.05) is 12.4 Å². The van der Waals surface area contributed by atoms with Crippen molar-refractivity contribution in [1.82, 2.24) is 15.1 Å². The fourth-order valence-corrected chi connectivity index (χ4v) is 3.16. The number of amides is 1. The van der Waals surface area contributed by atoms with E-state index in [1.165, 1.54) is 0 Å². The standard InChI is InChI=1S/C23H27N5O2/c1-15-9-8-10-18(13-15)22(29)26-23(25-20-11-6-7-12-21(20)30-5)24-14-19-16(2)27-28(4)17(19)3/h6-13H,14H2,1-5H3,(H2,24,25,26,29). The largest absolute Gasteiger partial charge is 0.495 e. The third-order valence-corrected chi connectivity index (χ3v) is 4.93. The summed E-state index contributed by atoms with van der Waals surface area (Å²) in [5.74, 6) is 0.761. The summed E-state index contributed by atoms with van der Waals surface area (Å²) >= 11 is 0. The van der Waals surface area contributed by atoms with Crippen LogP contribution in [0.1, 0.15) is 32.9 Å². The van der Waals surface area contributed by atoms with E-state index in [9.17, 15) is 4.79 Å². The molecule has 0 fully saturated rings. The van der Waals surface area contributed by atoms with Gasteiger partial charge in [0.1, 0.15) is 5.75 Å². The summed E-state index contributed by atoms with van der Waals surface area (Å²) in [6.45, 7) is 6.30. The van der Waals surface area contributed by atoms with Gasteiger partial charge < -0.3 is 10.1 Å². The summed E-state index contributed by atoms with van der Waals surface area (Å²) < 4.78 is 7.24. The molecule has 0 radical (unpaired) electrons. The third-order valence-electron chi connectivity index (χ3n) is 4.93. The number of aromatic nitrogens is 2. The van der Waals surface area contributed by atoms with Crippen LogP contribution in [0.25, 0.3) is 0 Å². The lowest BCUT2D eigenvalue weighted by molar-refractivity contribution is 0.0977. The van der Waals surface area contributed by atoms with E-state index < -0.39 is 0 Å². The number of anilines is 1. The molecular formula is C23H27N5O2. The van der Waals surface area contributed by atoms with Crippen molar-refractivity contribution in [1.29, 1.82) is 0 Å². The number of rotatable bonds is 5. The Balaban J connectivity index is 1.90. The number of methoxy groups -OCH3 is 1. The molecule has 0 spiro atoms. The van der Waals surface area contributed by atoms with Gasteiger partial charge in [0.2, 0.25) is 5.96 Å². The van der Waals surface area contributed by atoms with Gasteiger partial charge in [-0.2, -0.15) is 5.10 Å². The molecule has 0 unspecified atom stereocenters. The highest BCUT2D eigenvalue weighted by Crippen LogP contribution is 2.23. The molecule has 2 aromatic carbocycles. The van der Waals surface area contributed by atoms with Crippen LogP contribution in [-0.4, -0.2) is 28.8 Å². The van der Waals surface area contributed by atoms with Gasteiger partial charge in [-0.25, -0.2) is 4.99 Å². The number of carbonyl (C=O) groups excluding carboxylic acids is 1. The Labute approximate surface area is 176 Å². The first-order valence-electron chi connectivity index (χ1n) is 9.70. The molecule has 0 saturated carbocycles. The molecule has 156 valence electrons. The lowest BCUT2D eigenvalue weighted by Crippen LogP contribution is -2.36. The summed E-state index contributed by atoms with van der Waals surface area (Å²) in [6.07, 6.45) is 0. The van der Waals surface area contributed by atoms with E-state index in [0.717, 1.165) is 22.5 Å². The van der Waals surface area contributed by atoms with Crippen molar-refractivity contribution in [2.24, 2.45) is 12.0 Å². The SMILES string of the molecule is COc1ccccc1NC(=NCc1c(C)nn(C)c1C)NC(=O)c1cccc(C)c1. The first-order chi connectivity index (χ1) is 14.4. The highest BCUT2D eigenvalue weighted by molar-refractivity contribution is 6.10. The second-order valence-electron chi connectivity index (χ2n) is 7.09. The molecule has 1 amide bonds. The molecule has 3 aromatic rings. The van der Waals surface area contributed by atoms with Gasteiger partial charge in [0.15, 0.2) is 0 Å². The Kier molecular flexibility index (Phi) is 6.51. The number of nitrogens with zero attached hydrogens (tertiary/aromatic N) is 3. The smallest absolute Gasteiger partial charge is 0.257 e. The van der Waals surface area contributed by atoms with Crippen molar-refractivity contribution in [3.05, 3.63) is 76.6 Å². The van der Waals surface area contributed by atoms with E-state index >= 15 is 0 Å². The van der Waals surface area contributed by atoms with Crippen LogP contribution < -0.4 is 15.4 Å². The second kappa shape index (κ2) is 9.26. The van der Waals surface area contributed by atoms with E-state index in [-0.39, 0.29) is 5.91 Å². The zero-order chi connectivity index (χ0) is 21.7. The van der Waals surface area contributed by atoms with Crippen LogP contribution in [0.2, 0.25) is 0 Å². The average Bonchev–Trinajstić information content (AvgIpc) is 2.97. The van der Waals surface area contributed by atoms with Gasteiger partial charge in [0.25, 0.3) is 5.91 Å². The normalized spacial score (nSPS) is 11.3. The summed E-state index contributed by atoms with van der Waals surface area (Å²) in [5.41, 5.74) is 5.28. The Bertz CT molecular complexity index is 1080. The lowest BCUT2D eigenvalue weighted by Gasteiger charge is -2.14. The molecule has 0 aliphatic rings. The quantitative estimate of drug-likeness (QED) is 0.500. The molecule has 7 nitrogen and oxygen atoms in total. The minimum atomic E-state index is -0.237. The van der Waals surface area contributed by atoms with Crippen LogP contribution in [0.3, 0.4) is 0 Å². The molecule has 0 aliphatic heterocycles. The molecule has 7 heteroatoms. The molecule has 1 aromatic heterocycles. The van der Waals surface area contributed by atoms with E-state index in [1.807, 2.05) is 75.0 Å². The monoisotopic (exact) mass is 405 g/mol. The fourth-order valence-electron chi connectivity index (χ4n) is 3.16. The number of ether oxygens (including phenoxy) is 1. The number of nitrogens with one attached hydrogen (secondary N) is 2. The lowest BCUT2D eigenvalue weighted by atomic mass is 10.1. The van der Waals surface area contributed by atoms with Crippen molar-refractivity contribution < 1.29 is 9.53 Å². The zero-order valence-corrected chi connectivity index (χ0v) is 18.0. The third kappa shape index (κ3) is 4.86. The van der Waals surface area contributed by atoms with Crippen molar-refractivity contribution in [3.63, 3.8) is 0 Å². The number of benzene rings is 2. The van der Waals surface area contributed by atoms with E-state index in [1.54, 1.807) is 13.2 Å². The predicted octanol–water partition coefficient (Wildman–Crippen LogP) is 3.75. The van der Waals surface area contributed by atoms with Crippen molar-refractivity contribution in [2.45, 2.75) is 27.3 Å². The second-order valence-corrected chi connectivity index (χ2v) is 7.09. The van der Waals surface area contributed by atoms with Gasteiger partial charge in [0, 0.05) is 23.9 Å². The number of guanidine groups is 1. The highest BCUT2D eigenvalue weighted by atomic mass is 16.5. The number of aliphatic imine (C=N–C) groups is 1. The van der Waals surface area contributed by atoms with Gasteiger partial charge in [-0.05, 0) is 45.0 Å². The van der Waals surface area contributed by atoms with E-state index in [4.69, 9.17) is 4.74 Å². The minimum Gasteiger partial charge on any atom is -0.495 e. The fraction of sp³-hybridized carbons (Fsp3) is 0.261. The van der Waals surface area contributed by atoms with Crippen LogP contribution in [-0.2, 0) is 13.6 Å². The summed E-state index contributed by atoms with van der Waals surface area (Å²) in [6, 6.07) is 14.9. The molecule has 0 saturated heterocycles. The number of hydrogen-bond acceptors (Lipinski definition) is 4. The maximum Gasteiger partial charge on any atom is 0.257 e. The van der Waals surface area contributed by atoms with Crippen LogP contribution >= 0.6 is 0 Å². The molecular weight excluding hydrogens is 378 g/mol. The summed E-state index contributed by atoms with van der Waals surface area (Å²) in [4.78, 5) is 17.5. The van der Waals surface area contributed by atoms with Crippen LogP contribution in [0.4, 0.5) is 5.69 Å². The maximum atomic E-state index is 12.8. The summed E-state index contributed by atoms with van der Waals surface area (Å²) in [5, 5.41) is 10.5. The van der Waals surface area contributed by atoms with Gasteiger partial charge in [0.05, 0.1) is 25.0 Å². The van der Waals surface area contributed by atoms with Gasteiger partial charge in [-0.3, -0.25) is 14.8 Å². The number of aryl methyl sites for hydroxylation is 3. The Morgan fingerprint density at radius 1 is 1.13 bits per heavy atom. The van der Waals surface area contributed by atoms with Crippen LogP contribution in [0, 0.1) is 20.8 Å². The van der Waals surface area contributed by atoms with Crippen molar-refractivity contribution in [3.8, 4) is 5.75 Å². The molecule has 30 heavy (non-hydrogen) atoms. The molecule has 0 atom stereocenters. The number of hydrogen-bond donors (Lipinski definition) is 2. The van der Waals surface area contributed by atoms with Gasteiger partial charge >= 0.3 is 0 Å². The molecule has 2 N–H and O–H groups in total. The molecule has 3 rings (SSSR count). The highest BCUT2D eigenvalue weighted by Gasteiger charge is 2.13. The Hall–Kier alpha value is -3.61. The first-order valence-corrected chi connectivity index (χ1v) is 9.70. The minimum absolute atomic E-state index is 0.237. The van der Waals surface area contributed by atoms with Gasteiger partial charge in [-0.1, -0.05) is 29.8 Å². The topological polar surface area (TPSA) is 80.5 Å². The number of para-hydroxylation sites is 2. The molecule has 0 aliphatic carbocycles. The Morgan fingerprint density at radius 2 is 1.90 bits per heavy atom. The van der Waals surface area contributed by atoms with E-state index in [0.29, 0.717) is 29.5 Å². The van der Waals surface area contributed by atoms with Gasteiger partial charge in [-0.15, -0.1) is 0 Å². The first kappa shape index (κ1) is 21.1.